The van der Waals surface area contributed by atoms with Gasteiger partial charge in [0.15, 0.2) is 6.10 Å². The van der Waals surface area contributed by atoms with Gasteiger partial charge in [0, 0.05) is 25.8 Å². The molecule has 29 heavy (non-hydrogen) atoms. The Labute approximate surface area is 171 Å². The molecule has 0 aliphatic carbocycles. The fraction of sp³-hybridized carbons (Fsp3) is 0.333. The van der Waals surface area contributed by atoms with Crippen molar-refractivity contribution in [2.24, 2.45) is 0 Å². The smallest absolute Gasteiger partial charge is 0.338 e. The Hall–Kier alpha value is -2.71. The number of rotatable bonds is 8. The fourth-order valence-electron chi connectivity index (χ4n) is 2.83. The molecule has 0 aliphatic rings. The molecule has 0 radical (unpaired) electrons. The van der Waals surface area contributed by atoms with E-state index in [4.69, 9.17) is 4.74 Å². The molecule has 0 fully saturated rings. The number of hydrogen-bond donors (Lipinski definition) is 0. The first kappa shape index (κ1) is 22.6. The fourth-order valence-corrected chi connectivity index (χ4v) is 4.33. The predicted octanol–water partition coefficient (Wildman–Crippen LogP) is 2.93. The monoisotopic (exact) mass is 418 g/mol. The number of esters is 1. The second kappa shape index (κ2) is 9.67. The number of sulfonamides is 1. The third kappa shape index (κ3) is 5.21. The van der Waals surface area contributed by atoms with Gasteiger partial charge in [0.05, 0.1) is 10.5 Å². The summed E-state index contributed by atoms with van der Waals surface area (Å²) in [6.45, 7) is 5.62. The summed E-state index contributed by atoms with van der Waals surface area (Å²) in [6, 6.07) is 14.6. The van der Waals surface area contributed by atoms with Crippen LogP contribution < -0.4 is 4.90 Å². The lowest BCUT2D eigenvalue weighted by Crippen LogP contribution is -2.37. The Morgan fingerprint density at radius 1 is 1.00 bits per heavy atom. The highest BCUT2D eigenvalue weighted by Crippen LogP contribution is 2.19. The van der Waals surface area contributed by atoms with E-state index in [-0.39, 0.29) is 10.5 Å². The highest BCUT2D eigenvalue weighted by molar-refractivity contribution is 7.89. The lowest BCUT2D eigenvalue weighted by Gasteiger charge is -2.22. The highest BCUT2D eigenvalue weighted by atomic mass is 32.2. The minimum Gasteiger partial charge on any atom is -0.449 e. The van der Waals surface area contributed by atoms with Gasteiger partial charge in [-0.15, -0.1) is 0 Å². The lowest BCUT2D eigenvalue weighted by molar-refractivity contribution is -0.126. The van der Waals surface area contributed by atoms with Gasteiger partial charge < -0.3 is 9.64 Å². The number of nitrogens with zero attached hydrogens (tertiary/aromatic N) is 2. The van der Waals surface area contributed by atoms with Crippen LogP contribution in [0.1, 0.15) is 31.1 Å². The van der Waals surface area contributed by atoms with Gasteiger partial charge >= 0.3 is 5.97 Å². The van der Waals surface area contributed by atoms with Crippen LogP contribution in [0.25, 0.3) is 0 Å². The quantitative estimate of drug-likeness (QED) is 0.616. The molecule has 0 saturated heterocycles. The summed E-state index contributed by atoms with van der Waals surface area (Å²) in [5.41, 5.74) is 0.743. The normalized spacial score (nSPS) is 12.4. The summed E-state index contributed by atoms with van der Waals surface area (Å²) >= 11 is 0. The van der Waals surface area contributed by atoms with Crippen LogP contribution in [0.5, 0.6) is 0 Å². The number of para-hydroxylation sites is 1. The van der Waals surface area contributed by atoms with Crippen LogP contribution in [0.2, 0.25) is 0 Å². The maximum atomic E-state index is 12.7. The maximum Gasteiger partial charge on any atom is 0.338 e. The number of benzene rings is 2. The zero-order valence-corrected chi connectivity index (χ0v) is 17.8. The molecular weight excluding hydrogens is 392 g/mol. The van der Waals surface area contributed by atoms with Crippen LogP contribution in [0.15, 0.2) is 59.5 Å². The Morgan fingerprint density at radius 2 is 1.62 bits per heavy atom. The number of ether oxygens (including phenoxy) is 1. The topological polar surface area (TPSA) is 84.0 Å². The van der Waals surface area contributed by atoms with Crippen molar-refractivity contribution in [1.29, 1.82) is 0 Å². The second-order valence-corrected chi connectivity index (χ2v) is 8.34. The molecule has 2 rings (SSSR count). The number of amides is 1. The van der Waals surface area contributed by atoms with E-state index in [9.17, 15) is 18.0 Å². The molecular formula is C21H26N2O5S. The van der Waals surface area contributed by atoms with E-state index in [0.717, 1.165) is 0 Å². The summed E-state index contributed by atoms with van der Waals surface area (Å²) in [7, 11) is -2.10. The first-order chi connectivity index (χ1) is 13.7. The van der Waals surface area contributed by atoms with Crippen molar-refractivity contribution >= 4 is 27.6 Å². The second-order valence-electron chi connectivity index (χ2n) is 6.40. The Balaban J connectivity index is 2.16. The van der Waals surface area contributed by atoms with E-state index in [1.807, 2.05) is 6.07 Å². The minimum absolute atomic E-state index is 0.0102. The van der Waals surface area contributed by atoms with Crippen LogP contribution in [-0.4, -0.2) is 50.8 Å². The predicted molar refractivity (Wildman–Crippen MR) is 111 cm³/mol. The SMILES string of the molecule is CCN(CC)S(=O)(=O)c1cccc(C(=O)O[C@@H](C)C(=O)N(C)c2ccccc2)c1. The molecule has 0 unspecified atom stereocenters. The third-order valence-electron chi connectivity index (χ3n) is 4.52. The standard InChI is InChI=1S/C21H26N2O5S/c1-5-23(6-2)29(26,27)19-14-10-11-17(15-19)21(25)28-16(3)20(24)22(4)18-12-8-7-9-13-18/h7-16H,5-6H2,1-4H3/t16-/m0/s1. The van der Waals surface area contributed by atoms with Crippen molar-refractivity contribution in [3.8, 4) is 0 Å². The average molecular weight is 419 g/mol. The molecule has 0 aliphatic heterocycles. The molecule has 0 spiro atoms. The zero-order valence-electron chi connectivity index (χ0n) is 17.0. The third-order valence-corrected chi connectivity index (χ3v) is 6.56. The van der Waals surface area contributed by atoms with E-state index in [0.29, 0.717) is 18.8 Å². The zero-order chi connectivity index (χ0) is 21.6. The first-order valence-electron chi connectivity index (χ1n) is 9.36. The molecule has 2 aromatic carbocycles. The van der Waals surface area contributed by atoms with E-state index in [2.05, 4.69) is 0 Å². The summed E-state index contributed by atoms with van der Waals surface area (Å²) in [5, 5.41) is 0. The van der Waals surface area contributed by atoms with Gasteiger partial charge in [-0.3, -0.25) is 4.79 Å². The van der Waals surface area contributed by atoms with E-state index in [1.54, 1.807) is 45.2 Å². The van der Waals surface area contributed by atoms with Crippen molar-refractivity contribution < 1.29 is 22.7 Å². The first-order valence-corrected chi connectivity index (χ1v) is 10.8. The molecule has 8 heteroatoms. The van der Waals surface area contributed by atoms with Gasteiger partial charge in [-0.25, -0.2) is 13.2 Å². The lowest BCUT2D eigenvalue weighted by atomic mass is 10.2. The number of anilines is 1. The number of hydrogen-bond acceptors (Lipinski definition) is 5. The summed E-state index contributed by atoms with van der Waals surface area (Å²) in [4.78, 5) is 26.5. The van der Waals surface area contributed by atoms with E-state index < -0.39 is 28.0 Å². The van der Waals surface area contributed by atoms with E-state index in [1.165, 1.54) is 40.4 Å². The van der Waals surface area contributed by atoms with Gasteiger partial charge in [-0.1, -0.05) is 38.1 Å². The Morgan fingerprint density at radius 3 is 2.21 bits per heavy atom. The van der Waals surface area contributed by atoms with E-state index >= 15 is 0 Å². The van der Waals surface area contributed by atoms with Crippen LogP contribution in [0.3, 0.4) is 0 Å². The minimum atomic E-state index is -3.70. The van der Waals surface area contributed by atoms with Crippen molar-refractivity contribution in [3.63, 3.8) is 0 Å². The molecule has 1 atom stereocenters. The van der Waals surface area contributed by atoms with Gasteiger partial charge in [0.25, 0.3) is 5.91 Å². The van der Waals surface area contributed by atoms with Crippen LogP contribution in [0, 0.1) is 0 Å². The molecule has 0 saturated carbocycles. The van der Waals surface area contributed by atoms with Crippen molar-refractivity contribution in [1.82, 2.24) is 4.31 Å². The molecule has 1 amide bonds. The summed E-state index contributed by atoms with van der Waals surface area (Å²) in [5.74, 6) is -1.15. The molecule has 0 heterocycles. The molecule has 156 valence electrons. The van der Waals surface area contributed by atoms with Gasteiger partial charge in [0.1, 0.15) is 0 Å². The van der Waals surface area contributed by atoms with Crippen LogP contribution in [-0.2, 0) is 19.6 Å². The molecule has 7 nitrogen and oxygen atoms in total. The summed E-state index contributed by atoms with van der Waals surface area (Å²) in [6.07, 6.45) is -1.03. The van der Waals surface area contributed by atoms with Crippen LogP contribution >= 0.6 is 0 Å². The molecule has 2 aromatic rings. The van der Waals surface area contributed by atoms with Gasteiger partial charge in [-0.2, -0.15) is 4.31 Å². The summed E-state index contributed by atoms with van der Waals surface area (Å²) < 4.78 is 31.9. The largest absolute Gasteiger partial charge is 0.449 e. The maximum absolute atomic E-state index is 12.7. The number of carbonyl (C=O) groups excluding carboxylic acids is 2. The number of likely N-dealkylation sites (N-methyl/N-ethyl adjacent to an activating group) is 1. The van der Waals surface area contributed by atoms with Gasteiger partial charge in [0.2, 0.25) is 10.0 Å². The molecule has 0 aromatic heterocycles. The Kier molecular flexibility index (Phi) is 7.53. The van der Waals surface area contributed by atoms with Crippen molar-refractivity contribution in [2.45, 2.75) is 31.8 Å². The number of carbonyl (C=O) groups is 2. The molecule has 0 bridgehead atoms. The van der Waals surface area contributed by atoms with Gasteiger partial charge in [-0.05, 0) is 37.3 Å². The average Bonchev–Trinajstić information content (AvgIpc) is 2.74. The molecule has 0 N–H and O–H groups in total. The van der Waals surface area contributed by atoms with Crippen LogP contribution in [0.4, 0.5) is 5.69 Å². The van der Waals surface area contributed by atoms with Crippen molar-refractivity contribution in [3.05, 3.63) is 60.2 Å². The Bertz CT molecular complexity index is 956. The van der Waals surface area contributed by atoms with Crippen molar-refractivity contribution in [2.75, 3.05) is 25.0 Å². The highest BCUT2D eigenvalue weighted by Gasteiger charge is 2.25.